The van der Waals surface area contributed by atoms with Gasteiger partial charge in [0.2, 0.25) is 10.0 Å². The summed E-state index contributed by atoms with van der Waals surface area (Å²) in [5.41, 5.74) is 1.49. The van der Waals surface area contributed by atoms with Gasteiger partial charge in [0.15, 0.2) is 0 Å². The third-order valence-corrected chi connectivity index (χ3v) is 5.58. The van der Waals surface area contributed by atoms with E-state index in [1.54, 1.807) is 36.4 Å². The molecule has 30 heavy (non-hydrogen) atoms. The van der Waals surface area contributed by atoms with E-state index < -0.39 is 10.0 Å². The third-order valence-electron chi connectivity index (χ3n) is 4.16. The van der Waals surface area contributed by atoms with Gasteiger partial charge >= 0.3 is 0 Å². The van der Waals surface area contributed by atoms with Crippen LogP contribution in [0.4, 0.5) is 5.69 Å². The molecule has 2 aromatic heterocycles. The highest BCUT2D eigenvalue weighted by molar-refractivity contribution is 7.89. The first kappa shape index (κ1) is 19.5. The summed E-state index contributed by atoms with van der Waals surface area (Å²) >= 11 is 0. The molecule has 0 aliphatic rings. The van der Waals surface area contributed by atoms with Crippen LogP contribution in [-0.4, -0.2) is 34.5 Å². The van der Waals surface area contributed by atoms with Crippen molar-refractivity contribution in [1.82, 2.24) is 24.9 Å². The summed E-state index contributed by atoms with van der Waals surface area (Å²) in [6.45, 7) is 0.0471. The fourth-order valence-corrected chi connectivity index (χ4v) is 3.65. The summed E-state index contributed by atoms with van der Waals surface area (Å²) < 4.78 is 33.8. The number of carbonyl (C=O) groups excluding carboxylic acids is 1. The highest BCUT2D eigenvalue weighted by Crippen LogP contribution is 2.16. The van der Waals surface area contributed by atoms with Crippen LogP contribution in [0.3, 0.4) is 0 Å². The van der Waals surface area contributed by atoms with E-state index in [0.717, 1.165) is 0 Å². The number of carbonyl (C=O) groups is 1. The van der Waals surface area contributed by atoms with Gasteiger partial charge in [-0.25, -0.2) is 17.8 Å². The summed E-state index contributed by atoms with van der Waals surface area (Å²) in [5.74, 6) is 0.155. The van der Waals surface area contributed by atoms with Crippen molar-refractivity contribution in [3.63, 3.8) is 0 Å². The fourth-order valence-electron chi connectivity index (χ4n) is 2.65. The largest absolute Gasteiger partial charge is 0.468 e. The van der Waals surface area contributed by atoms with Crippen LogP contribution in [0.1, 0.15) is 16.1 Å². The van der Waals surface area contributed by atoms with E-state index in [-0.39, 0.29) is 17.3 Å². The third kappa shape index (κ3) is 4.42. The van der Waals surface area contributed by atoms with Crippen molar-refractivity contribution in [2.45, 2.75) is 11.4 Å². The zero-order valence-corrected chi connectivity index (χ0v) is 16.3. The Bertz CT molecular complexity index is 1240. The summed E-state index contributed by atoms with van der Waals surface area (Å²) in [7, 11) is -3.71. The number of rotatable bonds is 7. The lowest BCUT2D eigenvalue weighted by atomic mass is 10.2. The van der Waals surface area contributed by atoms with Gasteiger partial charge in [-0.3, -0.25) is 4.79 Å². The first-order valence-corrected chi connectivity index (χ1v) is 10.3. The lowest BCUT2D eigenvalue weighted by molar-refractivity contribution is 0.102. The standard InChI is InChI=1S/C19H16N6O4S/c26-19(14-3-1-4-16(11-14)25-13-20-23-24-25)22-15-6-8-18(9-7-15)30(27,28)21-12-17-5-2-10-29-17/h1-11,13,21H,12H2,(H,22,26). The Hall–Kier alpha value is -3.83. The Morgan fingerprint density at radius 1 is 1.07 bits per heavy atom. The number of nitrogens with one attached hydrogen (secondary N) is 2. The predicted molar refractivity (Wildman–Crippen MR) is 106 cm³/mol. The van der Waals surface area contributed by atoms with Gasteiger partial charge in [0.25, 0.3) is 5.91 Å². The van der Waals surface area contributed by atoms with Gasteiger partial charge in [0.1, 0.15) is 12.1 Å². The maximum absolute atomic E-state index is 12.5. The summed E-state index contributed by atoms with van der Waals surface area (Å²) in [4.78, 5) is 12.6. The van der Waals surface area contributed by atoms with Gasteiger partial charge in [-0.05, 0) is 65.0 Å². The van der Waals surface area contributed by atoms with Crippen LogP contribution in [-0.2, 0) is 16.6 Å². The smallest absolute Gasteiger partial charge is 0.255 e. The van der Waals surface area contributed by atoms with Crippen molar-refractivity contribution < 1.29 is 17.6 Å². The minimum atomic E-state index is -3.71. The van der Waals surface area contributed by atoms with E-state index in [1.807, 2.05) is 0 Å². The molecule has 0 saturated carbocycles. The molecule has 0 radical (unpaired) electrons. The van der Waals surface area contributed by atoms with E-state index >= 15 is 0 Å². The van der Waals surface area contributed by atoms with Gasteiger partial charge in [0, 0.05) is 11.3 Å². The monoisotopic (exact) mass is 424 g/mol. The molecule has 11 heteroatoms. The fraction of sp³-hybridized carbons (Fsp3) is 0.0526. The Labute approximate surface area is 171 Å². The molecule has 0 unspecified atom stereocenters. The molecule has 4 aromatic rings. The second-order valence-corrected chi connectivity index (χ2v) is 7.95. The van der Waals surface area contributed by atoms with Crippen molar-refractivity contribution in [1.29, 1.82) is 0 Å². The van der Waals surface area contributed by atoms with E-state index in [2.05, 4.69) is 25.6 Å². The van der Waals surface area contributed by atoms with Crippen LogP contribution in [0.15, 0.2) is 82.6 Å². The Balaban J connectivity index is 1.43. The Kier molecular flexibility index (Phi) is 5.37. The highest BCUT2D eigenvalue weighted by Gasteiger charge is 2.15. The second-order valence-electron chi connectivity index (χ2n) is 6.19. The van der Waals surface area contributed by atoms with Crippen LogP contribution in [0, 0.1) is 0 Å². The molecule has 10 nitrogen and oxygen atoms in total. The Morgan fingerprint density at radius 2 is 1.90 bits per heavy atom. The molecule has 0 saturated heterocycles. The molecule has 0 bridgehead atoms. The van der Waals surface area contributed by atoms with Crippen LogP contribution in [0.2, 0.25) is 0 Å². The van der Waals surface area contributed by atoms with Gasteiger partial charge in [0.05, 0.1) is 23.4 Å². The number of tetrazole rings is 1. The van der Waals surface area contributed by atoms with Crippen LogP contribution < -0.4 is 10.0 Å². The molecule has 0 spiro atoms. The molecular weight excluding hydrogens is 408 g/mol. The molecule has 2 heterocycles. The van der Waals surface area contributed by atoms with Crippen LogP contribution in [0.25, 0.3) is 5.69 Å². The summed E-state index contributed by atoms with van der Waals surface area (Å²) in [5, 5.41) is 13.7. The highest BCUT2D eigenvalue weighted by atomic mass is 32.2. The first-order chi connectivity index (χ1) is 14.5. The van der Waals surface area contributed by atoms with Gasteiger partial charge in [-0.2, -0.15) is 0 Å². The number of benzene rings is 2. The second kappa shape index (κ2) is 8.27. The SMILES string of the molecule is O=C(Nc1ccc(S(=O)(=O)NCc2ccco2)cc1)c1cccc(-n2cnnn2)c1. The molecule has 4 rings (SSSR count). The van der Waals surface area contributed by atoms with Crippen molar-refractivity contribution >= 4 is 21.6 Å². The zero-order chi connectivity index (χ0) is 21.0. The molecule has 152 valence electrons. The van der Waals surface area contributed by atoms with E-state index in [0.29, 0.717) is 22.7 Å². The summed E-state index contributed by atoms with van der Waals surface area (Å²) in [6.07, 6.45) is 2.90. The number of aromatic nitrogens is 4. The average molecular weight is 424 g/mol. The zero-order valence-electron chi connectivity index (χ0n) is 15.5. The number of hydrogen-bond donors (Lipinski definition) is 2. The van der Waals surface area contributed by atoms with E-state index in [9.17, 15) is 13.2 Å². The van der Waals surface area contributed by atoms with Crippen molar-refractivity contribution in [3.05, 3.63) is 84.6 Å². The summed E-state index contributed by atoms with van der Waals surface area (Å²) in [6, 6.07) is 16.0. The maximum Gasteiger partial charge on any atom is 0.255 e. The van der Waals surface area contributed by atoms with E-state index in [1.165, 1.54) is 41.5 Å². The molecule has 2 N–H and O–H groups in total. The molecule has 0 fully saturated rings. The number of nitrogens with zero attached hydrogens (tertiary/aromatic N) is 4. The van der Waals surface area contributed by atoms with Gasteiger partial charge < -0.3 is 9.73 Å². The maximum atomic E-state index is 12.5. The lowest BCUT2D eigenvalue weighted by Crippen LogP contribution is -2.23. The molecule has 0 aliphatic heterocycles. The first-order valence-electron chi connectivity index (χ1n) is 8.78. The molecule has 0 aliphatic carbocycles. The van der Waals surface area contributed by atoms with Crippen molar-refractivity contribution in [2.24, 2.45) is 0 Å². The number of furan rings is 1. The predicted octanol–water partition coefficient (Wildman–Crippen LogP) is 1.99. The topological polar surface area (TPSA) is 132 Å². The number of sulfonamides is 1. The minimum absolute atomic E-state index is 0.0471. The average Bonchev–Trinajstić information content (AvgIpc) is 3.47. The number of anilines is 1. The van der Waals surface area contributed by atoms with Gasteiger partial charge in [-0.1, -0.05) is 6.07 Å². The minimum Gasteiger partial charge on any atom is -0.468 e. The molecule has 0 atom stereocenters. The molecule has 2 aromatic carbocycles. The van der Waals surface area contributed by atoms with Crippen molar-refractivity contribution in [2.75, 3.05) is 5.32 Å². The van der Waals surface area contributed by atoms with Crippen LogP contribution >= 0.6 is 0 Å². The Morgan fingerprint density at radius 3 is 2.60 bits per heavy atom. The van der Waals surface area contributed by atoms with Gasteiger partial charge in [-0.15, -0.1) is 5.10 Å². The number of amides is 1. The molecule has 1 amide bonds. The number of hydrogen-bond acceptors (Lipinski definition) is 7. The van der Waals surface area contributed by atoms with Crippen molar-refractivity contribution in [3.8, 4) is 5.69 Å². The van der Waals surface area contributed by atoms with Crippen LogP contribution in [0.5, 0.6) is 0 Å². The quantitative estimate of drug-likeness (QED) is 0.464. The lowest BCUT2D eigenvalue weighted by Gasteiger charge is -2.09. The normalized spacial score (nSPS) is 11.3. The van der Waals surface area contributed by atoms with E-state index in [4.69, 9.17) is 4.42 Å². The molecular formula is C19H16N6O4S.